The SMILES string of the molecule is O=C(O)CN(CC(=O)O)CP(=O)(O)O.O=S(=O)(O)O. The van der Waals surface area contributed by atoms with Crippen LogP contribution < -0.4 is 0 Å². The summed E-state index contributed by atoms with van der Waals surface area (Å²) in [6, 6.07) is 0. The van der Waals surface area contributed by atoms with Crippen LogP contribution in [0.5, 0.6) is 0 Å². The van der Waals surface area contributed by atoms with Gasteiger partial charge in [0.25, 0.3) is 0 Å². The second-order valence-corrected chi connectivity index (χ2v) is 5.54. The van der Waals surface area contributed by atoms with Gasteiger partial charge >= 0.3 is 29.9 Å². The third-order valence-electron chi connectivity index (χ3n) is 1.10. The maximum Gasteiger partial charge on any atom is 0.394 e. The molecule has 12 nitrogen and oxygen atoms in total. The highest BCUT2D eigenvalue weighted by Crippen LogP contribution is 2.34. The number of hydrogen-bond acceptors (Lipinski definition) is 6. The Morgan fingerprint density at radius 3 is 1.42 bits per heavy atom. The molecule has 19 heavy (non-hydrogen) atoms. The van der Waals surface area contributed by atoms with Crippen molar-refractivity contribution in [3.63, 3.8) is 0 Å². The second-order valence-electron chi connectivity index (χ2n) is 3.03. The highest BCUT2D eigenvalue weighted by Gasteiger charge is 2.22. The first kappa shape index (κ1) is 20.2. The average Bonchev–Trinajstić information content (AvgIpc) is 1.91. The van der Waals surface area contributed by atoms with E-state index in [2.05, 4.69) is 0 Å². The number of rotatable bonds is 6. The Bertz CT molecular complexity index is 428. The van der Waals surface area contributed by atoms with Crippen LogP contribution >= 0.6 is 7.60 Å². The molecule has 0 rings (SSSR count). The van der Waals surface area contributed by atoms with Crippen molar-refractivity contribution in [2.75, 3.05) is 19.4 Å². The molecule has 0 radical (unpaired) electrons. The van der Waals surface area contributed by atoms with E-state index in [1.165, 1.54) is 0 Å². The standard InChI is InChI=1S/C5H10NO7P.H2O4S/c7-4(8)1-6(2-5(9)10)3-14(11,12)13;1-5(2,3)4/h1-3H2,(H,7,8)(H,9,10)(H2,11,12,13);(H2,1,2,3,4). The van der Waals surface area contributed by atoms with Gasteiger partial charge in [-0.2, -0.15) is 8.42 Å². The Morgan fingerprint density at radius 2 is 1.26 bits per heavy atom. The Kier molecular flexibility index (Phi) is 8.70. The van der Waals surface area contributed by atoms with Gasteiger partial charge in [0, 0.05) is 0 Å². The van der Waals surface area contributed by atoms with E-state index in [4.69, 9.17) is 37.5 Å². The van der Waals surface area contributed by atoms with Crippen LogP contribution in [-0.2, 0) is 24.6 Å². The van der Waals surface area contributed by atoms with E-state index < -0.39 is 49.3 Å². The number of carboxylic acid groups (broad SMARTS) is 2. The van der Waals surface area contributed by atoms with Gasteiger partial charge in [0.15, 0.2) is 0 Å². The summed E-state index contributed by atoms with van der Waals surface area (Å²) in [6.07, 6.45) is -0.883. The molecular formula is C5H12NO11PS. The molecule has 0 aliphatic rings. The third-order valence-corrected chi connectivity index (χ3v) is 1.87. The Morgan fingerprint density at radius 1 is 1.00 bits per heavy atom. The zero-order valence-electron chi connectivity index (χ0n) is 9.15. The summed E-state index contributed by atoms with van der Waals surface area (Å²) in [5.41, 5.74) is 0. The molecule has 0 saturated heterocycles. The lowest BCUT2D eigenvalue weighted by molar-refractivity contribution is -0.141. The fraction of sp³-hybridized carbons (Fsp3) is 0.600. The summed E-state index contributed by atoms with van der Waals surface area (Å²) in [6.45, 7) is -1.45. The van der Waals surface area contributed by atoms with Gasteiger partial charge < -0.3 is 20.0 Å². The smallest absolute Gasteiger partial charge is 0.394 e. The first-order chi connectivity index (χ1) is 8.20. The molecule has 6 N–H and O–H groups in total. The molecule has 0 aliphatic heterocycles. The minimum absolute atomic E-state index is 0.644. The lowest BCUT2D eigenvalue weighted by atomic mass is 10.5. The van der Waals surface area contributed by atoms with Crippen LogP contribution in [0.2, 0.25) is 0 Å². The number of carbonyl (C=O) groups is 2. The van der Waals surface area contributed by atoms with E-state index in [1.807, 2.05) is 0 Å². The van der Waals surface area contributed by atoms with Crippen LogP contribution in [0.15, 0.2) is 0 Å². The molecule has 0 bridgehead atoms. The first-order valence-corrected chi connectivity index (χ1v) is 7.30. The van der Waals surface area contributed by atoms with E-state index >= 15 is 0 Å². The number of nitrogens with zero attached hydrogens (tertiary/aromatic N) is 1. The summed E-state index contributed by atoms with van der Waals surface area (Å²) in [7, 11) is -9.10. The van der Waals surface area contributed by atoms with E-state index in [9.17, 15) is 14.2 Å². The molecule has 0 fully saturated rings. The summed E-state index contributed by atoms with van der Waals surface area (Å²) >= 11 is 0. The van der Waals surface area contributed by atoms with E-state index in [1.54, 1.807) is 0 Å². The minimum Gasteiger partial charge on any atom is -0.480 e. The predicted octanol–water partition coefficient (Wildman–Crippen LogP) is -2.06. The normalized spacial score (nSPS) is 11.6. The molecule has 0 amide bonds. The van der Waals surface area contributed by atoms with Gasteiger partial charge in [-0.1, -0.05) is 0 Å². The molecule has 0 saturated carbocycles. The molecule has 0 aromatic carbocycles. The van der Waals surface area contributed by atoms with Crippen LogP contribution in [0.4, 0.5) is 0 Å². The van der Waals surface area contributed by atoms with E-state index in [0.717, 1.165) is 0 Å². The van der Waals surface area contributed by atoms with Crippen molar-refractivity contribution in [2.24, 2.45) is 0 Å². The van der Waals surface area contributed by atoms with Crippen molar-refractivity contribution in [3.05, 3.63) is 0 Å². The molecule has 0 unspecified atom stereocenters. The molecule has 0 heterocycles. The Balaban J connectivity index is 0. The molecular weight excluding hydrogens is 313 g/mol. The van der Waals surface area contributed by atoms with Crippen LogP contribution in [0, 0.1) is 0 Å². The molecule has 0 spiro atoms. The molecule has 14 heteroatoms. The van der Waals surface area contributed by atoms with Gasteiger partial charge in [0.1, 0.15) is 6.29 Å². The van der Waals surface area contributed by atoms with Crippen molar-refractivity contribution in [2.45, 2.75) is 0 Å². The Labute approximate surface area is 107 Å². The van der Waals surface area contributed by atoms with E-state index in [-0.39, 0.29) is 0 Å². The maximum absolute atomic E-state index is 10.5. The molecule has 0 aliphatic carbocycles. The summed E-state index contributed by atoms with van der Waals surface area (Å²) in [5, 5.41) is 16.6. The zero-order chi connectivity index (χ0) is 15.9. The van der Waals surface area contributed by atoms with Crippen molar-refractivity contribution < 1.29 is 51.7 Å². The monoisotopic (exact) mass is 325 g/mol. The predicted molar refractivity (Wildman–Crippen MR) is 57.9 cm³/mol. The average molecular weight is 325 g/mol. The fourth-order valence-electron chi connectivity index (χ4n) is 0.799. The lowest BCUT2D eigenvalue weighted by Gasteiger charge is -2.17. The highest BCUT2D eigenvalue weighted by atomic mass is 32.3. The van der Waals surface area contributed by atoms with Gasteiger partial charge in [0.05, 0.1) is 13.1 Å². The Hall–Kier alpha value is -1.08. The van der Waals surface area contributed by atoms with Crippen molar-refractivity contribution in [3.8, 4) is 0 Å². The molecule has 0 aromatic rings. The van der Waals surface area contributed by atoms with Crippen molar-refractivity contribution >= 4 is 29.9 Å². The molecule has 114 valence electrons. The number of aliphatic carboxylic acids is 2. The summed E-state index contributed by atoms with van der Waals surface area (Å²) in [4.78, 5) is 38.0. The largest absolute Gasteiger partial charge is 0.480 e. The topological polar surface area (TPSA) is 210 Å². The third kappa shape index (κ3) is 26.5. The molecule has 0 aromatic heterocycles. The second kappa shape index (κ2) is 8.16. The lowest BCUT2D eigenvalue weighted by Crippen LogP contribution is -2.35. The maximum atomic E-state index is 10.5. The zero-order valence-corrected chi connectivity index (χ0v) is 10.9. The van der Waals surface area contributed by atoms with Crippen LogP contribution in [0.3, 0.4) is 0 Å². The quantitative estimate of drug-likeness (QED) is 0.230. The van der Waals surface area contributed by atoms with Gasteiger partial charge in [0.2, 0.25) is 0 Å². The fourth-order valence-corrected chi connectivity index (χ4v) is 1.52. The van der Waals surface area contributed by atoms with Crippen LogP contribution in [0.1, 0.15) is 0 Å². The number of hydrogen-bond donors (Lipinski definition) is 6. The highest BCUT2D eigenvalue weighted by molar-refractivity contribution is 7.79. The van der Waals surface area contributed by atoms with Gasteiger partial charge in [-0.15, -0.1) is 0 Å². The first-order valence-electron chi connectivity index (χ1n) is 4.11. The van der Waals surface area contributed by atoms with Crippen LogP contribution in [-0.4, -0.2) is 73.7 Å². The van der Waals surface area contributed by atoms with Gasteiger partial charge in [-0.3, -0.25) is 28.2 Å². The van der Waals surface area contributed by atoms with Gasteiger partial charge in [-0.25, -0.2) is 0 Å². The summed E-state index contributed by atoms with van der Waals surface area (Å²) in [5.74, 6) is -2.70. The van der Waals surface area contributed by atoms with E-state index in [0.29, 0.717) is 4.90 Å². The van der Waals surface area contributed by atoms with Crippen molar-refractivity contribution in [1.29, 1.82) is 0 Å². The molecule has 0 atom stereocenters. The minimum atomic E-state index is -4.67. The number of carboxylic acids is 2. The van der Waals surface area contributed by atoms with Crippen molar-refractivity contribution in [1.82, 2.24) is 4.90 Å². The van der Waals surface area contributed by atoms with Crippen LogP contribution in [0.25, 0.3) is 0 Å². The van der Waals surface area contributed by atoms with Gasteiger partial charge in [-0.05, 0) is 0 Å². The summed E-state index contributed by atoms with van der Waals surface area (Å²) < 4.78 is 42.1.